The van der Waals surface area contributed by atoms with E-state index in [1.165, 1.54) is 6.42 Å². The maximum absolute atomic E-state index is 6.07. The van der Waals surface area contributed by atoms with Crippen LogP contribution in [0.3, 0.4) is 0 Å². The van der Waals surface area contributed by atoms with Crippen LogP contribution in [0.4, 0.5) is 0 Å². The highest BCUT2D eigenvalue weighted by atomic mass is 127. The predicted octanol–water partition coefficient (Wildman–Crippen LogP) is 4.53. The van der Waals surface area contributed by atoms with Gasteiger partial charge in [0.05, 0.1) is 23.2 Å². The van der Waals surface area contributed by atoms with E-state index in [1.807, 2.05) is 17.5 Å². The quantitative estimate of drug-likeness (QED) is 0.346. The van der Waals surface area contributed by atoms with E-state index in [2.05, 4.69) is 41.4 Å². The highest BCUT2D eigenvalue weighted by Gasteiger charge is 2.35. The zero-order valence-electron chi connectivity index (χ0n) is 17.0. The molecule has 0 aromatic carbocycles. The van der Waals surface area contributed by atoms with Crippen LogP contribution in [0.25, 0.3) is 10.8 Å². The number of hydrogen-bond donors (Lipinski definition) is 2. The summed E-state index contributed by atoms with van der Waals surface area (Å²) in [5.74, 6) is 1.92. The van der Waals surface area contributed by atoms with Crippen molar-refractivity contribution in [3.63, 3.8) is 0 Å². The normalized spacial score (nSPS) is 20.5. The van der Waals surface area contributed by atoms with Gasteiger partial charge in [-0.25, -0.2) is 4.98 Å². The van der Waals surface area contributed by atoms with E-state index in [0.29, 0.717) is 18.4 Å². The van der Waals surface area contributed by atoms with Crippen molar-refractivity contribution in [1.29, 1.82) is 0 Å². The van der Waals surface area contributed by atoms with Crippen molar-refractivity contribution in [1.82, 2.24) is 15.6 Å². The lowest BCUT2D eigenvalue weighted by Crippen LogP contribution is -2.47. The third kappa shape index (κ3) is 6.18. The number of nitrogens with one attached hydrogen (secondary N) is 2. The van der Waals surface area contributed by atoms with Gasteiger partial charge in [0.25, 0.3) is 0 Å². The van der Waals surface area contributed by atoms with E-state index in [9.17, 15) is 0 Å². The second-order valence-electron chi connectivity index (χ2n) is 7.99. The van der Waals surface area contributed by atoms with Crippen LogP contribution in [0, 0.1) is 11.3 Å². The van der Waals surface area contributed by atoms with E-state index >= 15 is 0 Å². The van der Waals surface area contributed by atoms with Gasteiger partial charge >= 0.3 is 0 Å². The lowest BCUT2D eigenvalue weighted by Gasteiger charge is -2.40. The zero-order chi connectivity index (χ0) is 19.3. The monoisotopic (exact) mass is 518 g/mol. The molecule has 1 aliphatic heterocycles. The molecule has 2 aromatic heterocycles. The van der Waals surface area contributed by atoms with Gasteiger partial charge in [-0.05, 0) is 29.7 Å². The molecule has 2 atom stereocenters. The maximum atomic E-state index is 6.07. The first-order valence-corrected chi connectivity index (χ1v) is 10.4. The molecule has 0 radical (unpaired) electrons. The number of aliphatic imine (C=N–C) groups is 1. The summed E-state index contributed by atoms with van der Waals surface area (Å²) in [6.45, 7) is 9.03. The summed E-state index contributed by atoms with van der Waals surface area (Å²) < 4.78 is 11.6. The van der Waals surface area contributed by atoms with Crippen molar-refractivity contribution >= 4 is 41.3 Å². The first kappa shape index (κ1) is 23.2. The summed E-state index contributed by atoms with van der Waals surface area (Å²) in [4.78, 5) is 9.90. The third-order valence-electron chi connectivity index (χ3n) is 4.77. The average molecular weight is 518 g/mol. The minimum Gasteiger partial charge on any atom is -0.443 e. The summed E-state index contributed by atoms with van der Waals surface area (Å²) in [5.41, 5.74) is 0.998. The van der Waals surface area contributed by atoms with Crippen molar-refractivity contribution in [2.45, 2.75) is 46.3 Å². The second kappa shape index (κ2) is 10.6. The molecule has 0 aliphatic carbocycles. The molecule has 2 unspecified atom stereocenters. The Morgan fingerprint density at radius 2 is 2.18 bits per heavy atom. The van der Waals surface area contributed by atoms with Gasteiger partial charge in [0.2, 0.25) is 5.89 Å². The lowest BCUT2D eigenvalue weighted by atomic mass is 9.78. The molecule has 8 heteroatoms. The van der Waals surface area contributed by atoms with Gasteiger partial charge in [-0.3, -0.25) is 4.99 Å². The lowest BCUT2D eigenvalue weighted by molar-refractivity contribution is -0.0835. The van der Waals surface area contributed by atoms with E-state index in [-0.39, 0.29) is 35.5 Å². The summed E-state index contributed by atoms with van der Waals surface area (Å²) in [6, 6.07) is 4.00. The van der Waals surface area contributed by atoms with Gasteiger partial charge in [0.1, 0.15) is 6.26 Å². The molecular weight excluding hydrogens is 487 g/mol. The molecule has 0 amide bonds. The maximum Gasteiger partial charge on any atom is 0.236 e. The molecule has 0 spiro atoms. The molecule has 6 nitrogen and oxygen atoms in total. The first-order valence-electron chi connectivity index (χ1n) is 9.52. The number of hydrogen-bond acceptors (Lipinski definition) is 5. The van der Waals surface area contributed by atoms with Crippen LogP contribution in [-0.4, -0.2) is 37.2 Å². The Morgan fingerprint density at radius 3 is 2.86 bits per heavy atom. The Morgan fingerprint density at radius 1 is 1.36 bits per heavy atom. The van der Waals surface area contributed by atoms with Crippen molar-refractivity contribution in [3.8, 4) is 10.8 Å². The average Bonchev–Trinajstić information content (AvgIpc) is 3.33. The molecule has 2 aromatic rings. The topological polar surface area (TPSA) is 71.7 Å². The van der Waals surface area contributed by atoms with Crippen LogP contribution in [0.15, 0.2) is 33.2 Å². The smallest absolute Gasteiger partial charge is 0.236 e. The van der Waals surface area contributed by atoms with Crippen molar-refractivity contribution in [3.05, 3.63) is 29.5 Å². The minimum atomic E-state index is 0. The molecular formula is C20H31IN4O2S. The van der Waals surface area contributed by atoms with Gasteiger partial charge in [-0.15, -0.1) is 35.3 Å². The van der Waals surface area contributed by atoms with Crippen molar-refractivity contribution in [2.24, 2.45) is 16.3 Å². The van der Waals surface area contributed by atoms with Crippen LogP contribution in [0.5, 0.6) is 0 Å². The Bertz CT molecular complexity index is 740. The Kier molecular flexibility index (Phi) is 8.76. The summed E-state index contributed by atoms with van der Waals surface area (Å²) in [6.07, 6.45) is 4.26. The van der Waals surface area contributed by atoms with Crippen LogP contribution in [0.1, 0.15) is 39.3 Å². The molecule has 1 saturated heterocycles. The third-order valence-corrected chi connectivity index (χ3v) is 5.63. The van der Waals surface area contributed by atoms with Crippen LogP contribution >= 0.6 is 35.3 Å². The summed E-state index contributed by atoms with van der Waals surface area (Å²) in [7, 11) is 1.79. The first-order chi connectivity index (χ1) is 13.0. The highest BCUT2D eigenvalue weighted by Crippen LogP contribution is 2.33. The molecule has 28 heavy (non-hydrogen) atoms. The van der Waals surface area contributed by atoms with Gasteiger partial charge in [0, 0.05) is 26.1 Å². The Balaban J connectivity index is 0.00000280. The molecule has 1 aliphatic rings. The Labute approximate surface area is 188 Å². The molecule has 3 heterocycles. The molecule has 156 valence electrons. The molecule has 2 N–H and O–H groups in total. The fourth-order valence-corrected chi connectivity index (χ4v) is 4.19. The number of guanidine groups is 1. The van der Waals surface area contributed by atoms with Gasteiger partial charge in [0.15, 0.2) is 5.96 Å². The second-order valence-corrected chi connectivity index (χ2v) is 8.94. The number of nitrogens with zero attached hydrogens (tertiary/aromatic N) is 2. The van der Waals surface area contributed by atoms with Crippen LogP contribution < -0.4 is 10.6 Å². The van der Waals surface area contributed by atoms with Gasteiger partial charge < -0.3 is 19.8 Å². The summed E-state index contributed by atoms with van der Waals surface area (Å²) >= 11 is 1.62. The number of rotatable bonds is 5. The SMILES string of the molecule is CN=C(NCc1coc(-c2cccs2)n1)NCC1CCCOC1C(C)(C)C.I. The zero-order valence-corrected chi connectivity index (χ0v) is 20.2. The standard InChI is InChI=1S/C20H30N4O2S.HI/c1-20(2,3)17-14(7-5-9-25-17)11-22-19(21-4)23-12-15-13-26-18(24-15)16-8-6-10-27-16;/h6,8,10,13-14,17H,5,7,9,11-12H2,1-4H3,(H2,21,22,23);1H. The van der Waals surface area contributed by atoms with E-state index in [0.717, 1.165) is 36.1 Å². The number of halogens is 1. The molecule has 0 saturated carbocycles. The van der Waals surface area contributed by atoms with Crippen LogP contribution in [0.2, 0.25) is 0 Å². The number of oxazole rings is 1. The molecule has 0 bridgehead atoms. The van der Waals surface area contributed by atoms with Gasteiger partial charge in [-0.2, -0.15) is 0 Å². The minimum absolute atomic E-state index is 0. The summed E-state index contributed by atoms with van der Waals surface area (Å²) in [5, 5.41) is 8.78. The fourth-order valence-electron chi connectivity index (χ4n) is 3.53. The predicted molar refractivity (Wildman–Crippen MR) is 125 cm³/mol. The van der Waals surface area contributed by atoms with Gasteiger partial charge in [-0.1, -0.05) is 26.8 Å². The largest absolute Gasteiger partial charge is 0.443 e. The number of aromatic nitrogens is 1. The molecule has 1 fully saturated rings. The molecule has 3 rings (SSSR count). The Hall–Kier alpha value is -1.13. The fraction of sp³-hybridized carbons (Fsp3) is 0.600. The van der Waals surface area contributed by atoms with E-state index in [1.54, 1.807) is 24.6 Å². The number of thiophene rings is 1. The number of ether oxygens (including phenoxy) is 1. The van der Waals surface area contributed by atoms with Crippen molar-refractivity contribution < 1.29 is 9.15 Å². The van der Waals surface area contributed by atoms with E-state index in [4.69, 9.17) is 9.15 Å². The van der Waals surface area contributed by atoms with Crippen LogP contribution in [-0.2, 0) is 11.3 Å². The highest BCUT2D eigenvalue weighted by molar-refractivity contribution is 14.0. The van der Waals surface area contributed by atoms with Crippen molar-refractivity contribution in [2.75, 3.05) is 20.2 Å². The van der Waals surface area contributed by atoms with E-state index < -0.39 is 0 Å².